The summed E-state index contributed by atoms with van der Waals surface area (Å²) >= 11 is 0. The normalized spacial score (nSPS) is 31.8. The lowest BCUT2D eigenvalue weighted by atomic mass is 9.49. The van der Waals surface area contributed by atoms with Gasteiger partial charge in [0.2, 0.25) is 11.8 Å². The molecule has 5 nitrogen and oxygen atoms in total. The summed E-state index contributed by atoms with van der Waals surface area (Å²) in [6.07, 6.45) is 10.1. The molecular weight excluding hydrogens is 374 g/mol. The third-order valence-corrected chi connectivity index (χ3v) is 8.11. The van der Waals surface area contributed by atoms with Gasteiger partial charge in [-0.15, -0.1) is 0 Å². The van der Waals surface area contributed by atoms with Gasteiger partial charge < -0.3 is 15.5 Å². The molecule has 1 aliphatic heterocycles. The Morgan fingerprint density at radius 1 is 1.03 bits per heavy atom. The fourth-order valence-electron chi connectivity index (χ4n) is 7.04. The van der Waals surface area contributed by atoms with Crippen molar-refractivity contribution in [1.82, 2.24) is 5.32 Å². The average molecular weight is 410 g/mol. The van der Waals surface area contributed by atoms with Crippen LogP contribution in [-0.4, -0.2) is 31.4 Å². The molecule has 1 aromatic rings. The molecule has 2 N–H and O–H groups in total. The lowest BCUT2D eigenvalue weighted by molar-refractivity contribution is -0.146. The van der Waals surface area contributed by atoms with Crippen molar-refractivity contribution in [3.8, 4) is 0 Å². The van der Waals surface area contributed by atoms with E-state index in [9.17, 15) is 9.59 Å². The van der Waals surface area contributed by atoms with E-state index in [0.717, 1.165) is 61.4 Å². The van der Waals surface area contributed by atoms with Crippen molar-refractivity contribution in [2.75, 3.05) is 29.9 Å². The minimum absolute atomic E-state index is 0.0298. The highest BCUT2D eigenvalue weighted by Crippen LogP contribution is 2.60. The molecule has 0 atom stereocenters. The fraction of sp³-hybridized carbons (Fsp3) is 0.680. The van der Waals surface area contributed by atoms with Gasteiger partial charge in [-0.2, -0.15) is 0 Å². The van der Waals surface area contributed by atoms with Gasteiger partial charge in [-0.1, -0.05) is 0 Å². The second-order valence-electron chi connectivity index (χ2n) is 10.4. The Labute approximate surface area is 180 Å². The monoisotopic (exact) mass is 409 g/mol. The molecule has 4 aliphatic carbocycles. The van der Waals surface area contributed by atoms with Crippen LogP contribution in [0, 0.1) is 30.1 Å². The van der Waals surface area contributed by atoms with Crippen molar-refractivity contribution in [2.45, 2.75) is 64.7 Å². The number of hydrogen-bond acceptors (Lipinski definition) is 3. The van der Waals surface area contributed by atoms with Crippen LogP contribution in [0.2, 0.25) is 0 Å². The Kier molecular flexibility index (Phi) is 5.24. The van der Waals surface area contributed by atoms with Crippen LogP contribution in [0.4, 0.5) is 11.4 Å². The molecule has 1 aromatic carbocycles. The van der Waals surface area contributed by atoms with E-state index in [1.807, 2.05) is 13.0 Å². The van der Waals surface area contributed by atoms with Crippen molar-refractivity contribution in [1.29, 1.82) is 0 Å². The summed E-state index contributed by atoms with van der Waals surface area (Å²) in [7, 11) is 0. The van der Waals surface area contributed by atoms with Crippen LogP contribution >= 0.6 is 0 Å². The Morgan fingerprint density at radius 2 is 1.67 bits per heavy atom. The quantitative estimate of drug-likeness (QED) is 0.738. The molecule has 5 fully saturated rings. The van der Waals surface area contributed by atoms with E-state index < -0.39 is 0 Å². The van der Waals surface area contributed by atoms with Gasteiger partial charge in [0.25, 0.3) is 0 Å². The summed E-state index contributed by atoms with van der Waals surface area (Å²) in [5.74, 6) is 2.46. The molecule has 0 spiro atoms. The van der Waals surface area contributed by atoms with Crippen LogP contribution in [0.25, 0.3) is 0 Å². The molecular formula is C25H35N3O2. The third kappa shape index (κ3) is 3.83. The first-order chi connectivity index (χ1) is 14.5. The molecule has 0 aromatic heterocycles. The molecule has 1 heterocycles. The Hall–Kier alpha value is -2.04. The summed E-state index contributed by atoms with van der Waals surface area (Å²) in [4.78, 5) is 27.9. The maximum atomic E-state index is 13.0. The second kappa shape index (κ2) is 7.90. The van der Waals surface area contributed by atoms with Crippen LogP contribution in [0.3, 0.4) is 0 Å². The number of hydrogen-bond donors (Lipinski definition) is 2. The van der Waals surface area contributed by atoms with Gasteiger partial charge in [-0.25, -0.2) is 0 Å². The summed E-state index contributed by atoms with van der Waals surface area (Å²) in [6, 6.07) is 6.27. The van der Waals surface area contributed by atoms with Gasteiger partial charge in [0, 0.05) is 42.8 Å². The lowest BCUT2D eigenvalue weighted by Crippen LogP contribution is -2.53. The molecule has 0 unspecified atom stereocenters. The highest BCUT2D eigenvalue weighted by atomic mass is 16.2. The van der Waals surface area contributed by atoms with Gasteiger partial charge in [-0.3, -0.25) is 9.59 Å². The lowest BCUT2D eigenvalue weighted by Gasteiger charge is -2.55. The molecule has 6 rings (SSSR count). The highest BCUT2D eigenvalue weighted by Gasteiger charge is 2.54. The number of rotatable bonds is 6. The zero-order valence-electron chi connectivity index (χ0n) is 18.2. The van der Waals surface area contributed by atoms with E-state index in [1.54, 1.807) is 0 Å². The van der Waals surface area contributed by atoms with Gasteiger partial charge in [-0.05, 0) is 99.8 Å². The van der Waals surface area contributed by atoms with Gasteiger partial charge >= 0.3 is 0 Å². The molecule has 0 radical (unpaired) electrons. The van der Waals surface area contributed by atoms with Crippen molar-refractivity contribution in [3.63, 3.8) is 0 Å². The molecule has 1 saturated heterocycles. The van der Waals surface area contributed by atoms with E-state index in [-0.39, 0.29) is 17.2 Å². The SMILES string of the molecule is Cc1cc(N2CCCC2)ccc1NC(=O)CCNC(=O)C12CC3CC(CC(C3)C1)C2. The number of nitrogens with zero attached hydrogens (tertiary/aromatic N) is 1. The van der Waals surface area contributed by atoms with Crippen LogP contribution < -0.4 is 15.5 Å². The first-order valence-electron chi connectivity index (χ1n) is 11.9. The summed E-state index contributed by atoms with van der Waals surface area (Å²) in [6.45, 7) is 4.71. The minimum atomic E-state index is -0.132. The molecule has 30 heavy (non-hydrogen) atoms. The standard InChI is InChI=1S/C25H35N3O2/c1-17-10-21(28-8-2-3-9-28)4-5-22(17)27-23(29)6-7-26-24(30)25-14-18-11-19(15-25)13-20(12-18)16-25/h4-5,10,18-20H,2-3,6-9,11-16H2,1H3,(H,26,30)(H,27,29). The fourth-order valence-corrected chi connectivity index (χ4v) is 7.04. The number of benzene rings is 1. The summed E-state index contributed by atoms with van der Waals surface area (Å²) in [5.41, 5.74) is 3.07. The first kappa shape index (κ1) is 19.9. The molecule has 4 saturated carbocycles. The van der Waals surface area contributed by atoms with E-state index >= 15 is 0 Å². The van der Waals surface area contributed by atoms with Crippen molar-refractivity contribution in [3.05, 3.63) is 23.8 Å². The predicted octanol–water partition coefficient (Wildman–Crippen LogP) is 4.26. The number of aryl methyl sites for hydroxylation is 1. The largest absolute Gasteiger partial charge is 0.372 e. The van der Waals surface area contributed by atoms with Crippen molar-refractivity contribution in [2.24, 2.45) is 23.2 Å². The van der Waals surface area contributed by atoms with E-state index in [1.165, 1.54) is 37.8 Å². The van der Waals surface area contributed by atoms with Crippen LogP contribution in [-0.2, 0) is 9.59 Å². The topological polar surface area (TPSA) is 61.4 Å². The number of anilines is 2. The molecule has 2 amide bonds. The summed E-state index contributed by atoms with van der Waals surface area (Å²) in [5, 5.41) is 6.14. The van der Waals surface area contributed by atoms with Crippen molar-refractivity contribution >= 4 is 23.2 Å². The Bertz CT molecular complexity index is 792. The predicted molar refractivity (Wildman–Crippen MR) is 119 cm³/mol. The van der Waals surface area contributed by atoms with Crippen molar-refractivity contribution < 1.29 is 9.59 Å². The molecule has 4 bridgehead atoms. The Balaban J connectivity index is 1.11. The number of carbonyl (C=O) groups is 2. The van der Waals surface area contributed by atoms with Gasteiger partial charge in [0.05, 0.1) is 0 Å². The zero-order valence-corrected chi connectivity index (χ0v) is 18.2. The smallest absolute Gasteiger partial charge is 0.226 e. The number of carbonyl (C=O) groups excluding carboxylic acids is 2. The molecule has 5 aliphatic rings. The van der Waals surface area contributed by atoms with E-state index in [0.29, 0.717) is 13.0 Å². The van der Waals surface area contributed by atoms with Crippen LogP contribution in [0.5, 0.6) is 0 Å². The van der Waals surface area contributed by atoms with Crippen LogP contribution in [0.15, 0.2) is 18.2 Å². The average Bonchev–Trinajstić information content (AvgIpc) is 3.23. The van der Waals surface area contributed by atoms with E-state index in [4.69, 9.17) is 0 Å². The van der Waals surface area contributed by atoms with E-state index in [2.05, 4.69) is 27.7 Å². The second-order valence-corrected chi connectivity index (χ2v) is 10.4. The van der Waals surface area contributed by atoms with Gasteiger partial charge in [0.1, 0.15) is 0 Å². The maximum absolute atomic E-state index is 13.0. The Morgan fingerprint density at radius 3 is 2.27 bits per heavy atom. The molecule has 5 heteroatoms. The molecule has 162 valence electrons. The maximum Gasteiger partial charge on any atom is 0.226 e. The number of nitrogens with one attached hydrogen (secondary N) is 2. The third-order valence-electron chi connectivity index (χ3n) is 8.11. The summed E-state index contributed by atoms with van der Waals surface area (Å²) < 4.78 is 0. The minimum Gasteiger partial charge on any atom is -0.372 e. The number of amides is 2. The first-order valence-corrected chi connectivity index (χ1v) is 11.9. The zero-order chi connectivity index (χ0) is 20.7. The van der Waals surface area contributed by atoms with Gasteiger partial charge in [0.15, 0.2) is 0 Å². The highest BCUT2D eigenvalue weighted by molar-refractivity contribution is 5.92. The van der Waals surface area contributed by atoms with Crippen LogP contribution in [0.1, 0.15) is 63.4 Å².